The molecule has 0 amide bonds. The number of rotatable bonds is 7. The van der Waals surface area contributed by atoms with Gasteiger partial charge in [0.15, 0.2) is 0 Å². The molecule has 0 saturated heterocycles. The molecule has 7 heteroatoms. The highest BCUT2D eigenvalue weighted by Crippen LogP contribution is 2.33. The number of benzene rings is 3. The Labute approximate surface area is 164 Å². The van der Waals surface area contributed by atoms with Gasteiger partial charge in [0.2, 0.25) is 0 Å². The van der Waals surface area contributed by atoms with Crippen LogP contribution in [0.25, 0.3) is 22.3 Å². The van der Waals surface area contributed by atoms with E-state index >= 15 is 0 Å². The van der Waals surface area contributed by atoms with Crippen molar-refractivity contribution in [2.45, 2.75) is 0 Å². The van der Waals surface area contributed by atoms with Crippen LogP contribution in [0.4, 0.5) is 5.69 Å². The molecule has 7 nitrogen and oxygen atoms in total. The Morgan fingerprint density at radius 1 is 0.517 bits per heavy atom. The van der Waals surface area contributed by atoms with Crippen molar-refractivity contribution in [1.82, 2.24) is 0 Å². The number of aldehydes is 4. The predicted molar refractivity (Wildman–Crippen MR) is 106 cm³/mol. The van der Waals surface area contributed by atoms with Gasteiger partial charge in [0.25, 0.3) is 5.69 Å². The van der Waals surface area contributed by atoms with E-state index in [4.69, 9.17) is 0 Å². The van der Waals surface area contributed by atoms with Gasteiger partial charge in [-0.25, -0.2) is 0 Å². The van der Waals surface area contributed by atoms with E-state index in [1.807, 2.05) is 0 Å². The van der Waals surface area contributed by atoms with Crippen LogP contribution >= 0.6 is 0 Å². The van der Waals surface area contributed by atoms with Crippen molar-refractivity contribution >= 4 is 30.8 Å². The summed E-state index contributed by atoms with van der Waals surface area (Å²) in [6.45, 7) is 0. The topological polar surface area (TPSA) is 111 Å². The molecule has 0 aliphatic carbocycles. The smallest absolute Gasteiger partial charge is 0.270 e. The number of nitrogens with zero attached hydrogens (tertiary/aromatic N) is 1. The minimum absolute atomic E-state index is 0.217. The number of carbonyl (C=O) groups excluding carboxylic acids is 4. The van der Waals surface area contributed by atoms with E-state index in [0.717, 1.165) is 0 Å². The van der Waals surface area contributed by atoms with Crippen molar-refractivity contribution in [2.24, 2.45) is 0 Å². The molecule has 0 fully saturated rings. The van der Waals surface area contributed by atoms with Crippen LogP contribution in [0.5, 0.6) is 0 Å². The van der Waals surface area contributed by atoms with Crippen LogP contribution in [0.2, 0.25) is 0 Å². The third-order valence-electron chi connectivity index (χ3n) is 4.29. The van der Waals surface area contributed by atoms with Gasteiger partial charge >= 0.3 is 0 Å². The fourth-order valence-electron chi connectivity index (χ4n) is 3.01. The molecule has 3 rings (SSSR count). The second kappa shape index (κ2) is 8.18. The number of non-ortho nitro benzene ring substituents is 1. The average molecular weight is 387 g/mol. The van der Waals surface area contributed by atoms with Gasteiger partial charge in [-0.3, -0.25) is 29.3 Å². The van der Waals surface area contributed by atoms with Crippen LogP contribution in [-0.2, 0) is 0 Å². The Morgan fingerprint density at radius 3 is 1.10 bits per heavy atom. The Morgan fingerprint density at radius 2 is 0.828 bits per heavy atom. The van der Waals surface area contributed by atoms with E-state index in [0.29, 0.717) is 47.4 Å². The molecular weight excluding hydrogens is 374 g/mol. The minimum atomic E-state index is -0.568. The standard InChI is InChI=1S/C22H13NO6/c24-10-14-1-15(11-25)4-18(3-14)20-7-21(9-22(8-20)23(28)29)19-5-16(12-26)2-17(6-19)13-27/h1-13H. The molecule has 0 aliphatic rings. The van der Waals surface area contributed by atoms with Gasteiger partial charge < -0.3 is 0 Å². The van der Waals surface area contributed by atoms with Crippen molar-refractivity contribution in [3.05, 3.63) is 87.0 Å². The first-order valence-corrected chi connectivity index (χ1v) is 8.38. The fourth-order valence-corrected chi connectivity index (χ4v) is 3.01. The van der Waals surface area contributed by atoms with Gasteiger partial charge in [-0.2, -0.15) is 0 Å². The maximum absolute atomic E-state index is 11.4. The highest BCUT2D eigenvalue weighted by molar-refractivity contribution is 5.89. The molecule has 29 heavy (non-hydrogen) atoms. The number of hydrogen-bond donors (Lipinski definition) is 0. The summed E-state index contributed by atoms with van der Waals surface area (Å²) >= 11 is 0. The zero-order chi connectivity index (χ0) is 21.0. The first-order valence-electron chi connectivity index (χ1n) is 8.38. The van der Waals surface area contributed by atoms with Crippen molar-refractivity contribution < 1.29 is 24.1 Å². The van der Waals surface area contributed by atoms with E-state index in [1.54, 1.807) is 6.07 Å². The summed E-state index contributed by atoms with van der Waals surface area (Å²) < 4.78 is 0. The summed E-state index contributed by atoms with van der Waals surface area (Å²) in [4.78, 5) is 55.6. The van der Waals surface area contributed by atoms with Crippen LogP contribution in [0, 0.1) is 10.1 Å². The maximum Gasteiger partial charge on any atom is 0.270 e. The molecule has 0 aromatic heterocycles. The lowest BCUT2D eigenvalue weighted by Crippen LogP contribution is -1.94. The SMILES string of the molecule is O=Cc1cc(C=O)cc(-c2cc(-c3cc(C=O)cc(C=O)c3)cc([N+](=O)[O-])c2)c1. The molecule has 0 unspecified atom stereocenters. The second-order valence-corrected chi connectivity index (χ2v) is 6.27. The van der Waals surface area contributed by atoms with Crippen molar-refractivity contribution in [3.63, 3.8) is 0 Å². The van der Waals surface area contributed by atoms with Crippen LogP contribution < -0.4 is 0 Å². The fraction of sp³-hybridized carbons (Fsp3) is 0. The van der Waals surface area contributed by atoms with E-state index in [-0.39, 0.29) is 27.9 Å². The van der Waals surface area contributed by atoms with Gasteiger partial charge in [-0.05, 0) is 64.7 Å². The molecule has 0 spiro atoms. The van der Waals surface area contributed by atoms with Gasteiger partial charge in [-0.1, -0.05) is 0 Å². The molecule has 0 saturated carbocycles. The molecule has 0 bridgehead atoms. The van der Waals surface area contributed by atoms with Gasteiger partial charge in [0, 0.05) is 34.4 Å². The second-order valence-electron chi connectivity index (χ2n) is 6.27. The summed E-state index contributed by atoms with van der Waals surface area (Å²) in [5.74, 6) is 0. The van der Waals surface area contributed by atoms with Gasteiger partial charge in [-0.15, -0.1) is 0 Å². The third kappa shape index (κ3) is 4.19. The molecule has 142 valence electrons. The van der Waals surface area contributed by atoms with E-state index < -0.39 is 4.92 Å². The zero-order valence-electron chi connectivity index (χ0n) is 14.9. The number of nitro benzene ring substituents is 1. The first-order chi connectivity index (χ1) is 14.0. The molecular formula is C22H13NO6. The summed E-state index contributed by atoms with van der Waals surface area (Å²) in [6, 6.07) is 13.2. The van der Waals surface area contributed by atoms with Crippen LogP contribution in [0.3, 0.4) is 0 Å². The summed E-state index contributed by atoms with van der Waals surface area (Å²) in [6.07, 6.45) is 2.33. The van der Waals surface area contributed by atoms with E-state index in [1.165, 1.54) is 48.5 Å². The van der Waals surface area contributed by atoms with Gasteiger partial charge in [0.1, 0.15) is 25.1 Å². The lowest BCUT2D eigenvalue weighted by Gasteiger charge is -2.09. The highest BCUT2D eigenvalue weighted by atomic mass is 16.6. The highest BCUT2D eigenvalue weighted by Gasteiger charge is 2.14. The Kier molecular flexibility index (Phi) is 5.50. The lowest BCUT2D eigenvalue weighted by atomic mass is 9.94. The molecule has 0 N–H and O–H groups in total. The van der Waals surface area contributed by atoms with Gasteiger partial charge in [0.05, 0.1) is 4.92 Å². The normalized spacial score (nSPS) is 10.2. The third-order valence-corrected chi connectivity index (χ3v) is 4.29. The number of hydrogen-bond acceptors (Lipinski definition) is 6. The van der Waals surface area contributed by atoms with Crippen molar-refractivity contribution in [1.29, 1.82) is 0 Å². The number of nitro groups is 1. The summed E-state index contributed by atoms with van der Waals surface area (Å²) in [5.41, 5.74) is 2.51. The van der Waals surface area contributed by atoms with E-state index in [9.17, 15) is 29.3 Å². The summed E-state index contributed by atoms with van der Waals surface area (Å²) in [5, 5.41) is 11.4. The quantitative estimate of drug-likeness (QED) is 0.342. The van der Waals surface area contributed by atoms with Crippen molar-refractivity contribution in [3.8, 4) is 22.3 Å². The molecule has 3 aromatic carbocycles. The van der Waals surface area contributed by atoms with Crippen molar-refractivity contribution in [2.75, 3.05) is 0 Å². The van der Waals surface area contributed by atoms with E-state index in [2.05, 4.69) is 0 Å². The molecule has 0 radical (unpaired) electrons. The monoisotopic (exact) mass is 387 g/mol. The predicted octanol–water partition coefficient (Wildman–Crippen LogP) is 4.18. The Hall–Kier alpha value is -4.26. The lowest BCUT2D eigenvalue weighted by molar-refractivity contribution is -0.384. The first kappa shape index (κ1) is 19.5. The molecule has 0 heterocycles. The molecule has 0 atom stereocenters. The van der Waals surface area contributed by atoms with Crippen LogP contribution in [0.15, 0.2) is 54.6 Å². The molecule has 3 aromatic rings. The Bertz CT molecular complexity index is 1030. The van der Waals surface area contributed by atoms with Crippen LogP contribution in [-0.4, -0.2) is 30.1 Å². The summed E-state index contributed by atoms with van der Waals surface area (Å²) in [7, 11) is 0. The molecule has 0 aliphatic heterocycles. The maximum atomic E-state index is 11.4. The Balaban J connectivity index is 2.27. The number of carbonyl (C=O) groups is 4. The zero-order valence-corrected chi connectivity index (χ0v) is 14.9. The largest absolute Gasteiger partial charge is 0.298 e. The minimum Gasteiger partial charge on any atom is -0.298 e. The average Bonchev–Trinajstić information content (AvgIpc) is 2.77. The van der Waals surface area contributed by atoms with Crippen LogP contribution in [0.1, 0.15) is 41.4 Å².